The molecule has 0 radical (unpaired) electrons. The molecule has 2 amide bonds. The maximum atomic E-state index is 13.5. The molecule has 0 bridgehead atoms. The Morgan fingerprint density at radius 3 is 2.52 bits per heavy atom. The Morgan fingerprint density at radius 1 is 1.00 bits per heavy atom. The fourth-order valence-electron chi connectivity index (χ4n) is 4.25. The van der Waals surface area contributed by atoms with Crippen molar-refractivity contribution in [3.05, 3.63) is 69.8 Å². The van der Waals surface area contributed by atoms with Gasteiger partial charge in [0.05, 0.1) is 5.02 Å². The van der Waals surface area contributed by atoms with Crippen molar-refractivity contribution in [1.29, 1.82) is 0 Å². The van der Waals surface area contributed by atoms with E-state index in [2.05, 4.69) is 5.32 Å². The van der Waals surface area contributed by atoms with Crippen LogP contribution < -0.4 is 5.32 Å². The second-order valence-corrected chi connectivity index (χ2v) is 9.49. The summed E-state index contributed by atoms with van der Waals surface area (Å²) < 4.78 is 14.1. The minimum atomic E-state index is -0.339. The minimum Gasteiger partial charge on any atom is -0.337 e. The number of fused-ring (bicyclic) bond motifs is 1. The van der Waals surface area contributed by atoms with E-state index in [1.54, 1.807) is 11.0 Å². The molecule has 0 saturated carbocycles. The number of thiophene rings is 1. The van der Waals surface area contributed by atoms with Crippen LogP contribution in [0.4, 0.5) is 4.39 Å². The van der Waals surface area contributed by atoms with Crippen molar-refractivity contribution in [2.75, 3.05) is 26.2 Å². The molecule has 8 heteroatoms. The summed E-state index contributed by atoms with van der Waals surface area (Å²) >= 11 is 7.62. The molecule has 3 heterocycles. The van der Waals surface area contributed by atoms with Crippen LogP contribution in [0.25, 0.3) is 10.1 Å². The van der Waals surface area contributed by atoms with Crippen LogP contribution in [-0.4, -0.2) is 59.9 Å². The van der Waals surface area contributed by atoms with E-state index in [0.29, 0.717) is 45.2 Å². The number of amides is 2. The normalized spacial score (nSPS) is 19.1. The lowest BCUT2D eigenvalue weighted by atomic mass is 10.1. The summed E-state index contributed by atoms with van der Waals surface area (Å²) in [5.74, 6) is -0.392. The van der Waals surface area contributed by atoms with Gasteiger partial charge in [-0.1, -0.05) is 29.8 Å². The van der Waals surface area contributed by atoms with E-state index in [1.807, 2.05) is 35.2 Å². The number of carbonyl (C=O) groups is 2. The molecule has 2 aromatic carbocycles. The lowest BCUT2D eigenvalue weighted by Gasteiger charge is -2.41. The van der Waals surface area contributed by atoms with Gasteiger partial charge in [0.15, 0.2) is 0 Å². The Balaban J connectivity index is 1.15. The molecule has 1 unspecified atom stereocenters. The van der Waals surface area contributed by atoms with Crippen molar-refractivity contribution in [2.24, 2.45) is 0 Å². The highest BCUT2D eigenvalue weighted by Crippen LogP contribution is 2.37. The molecule has 2 aliphatic rings. The summed E-state index contributed by atoms with van der Waals surface area (Å²) in [7, 11) is 0. The van der Waals surface area contributed by atoms with Crippen molar-refractivity contribution in [3.8, 4) is 0 Å². The highest BCUT2D eigenvalue weighted by Gasteiger charge is 2.36. The van der Waals surface area contributed by atoms with Crippen molar-refractivity contribution >= 4 is 44.8 Å². The molecular formula is C23H21ClFN3O2S. The Kier molecular flexibility index (Phi) is 5.42. The van der Waals surface area contributed by atoms with Crippen LogP contribution in [0.1, 0.15) is 26.5 Å². The van der Waals surface area contributed by atoms with E-state index in [1.165, 1.54) is 23.5 Å². The third-order valence-electron chi connectivity index (χ3n) is 5.92. The molecule has 3 aromatic rings. The predicted molar refractivity (Wildman–Crippen MR) is 120 cm³/mol. The van der Waals surface area contributed by atoms with Gasteiger partial charge < -0.3 is 15.1 Å². The molecule has 160 valence electrons. The Labute approximate surface area is 188 Å². The molecule has 2 fully saturated rings. The molecule has 1 N–H and O–H groups in total. The van der Waals surface area contributed by atoms with Gasteiger partial charge in [-0.25, -0.2) is 4.39 Å². The molecular weight excluding hydrogens is 437 g/mol. The van der Waals surface area contributed by atoms with Crippen LogP contribution in [0.3, 0.4) is 0 Å². The minimum absolute atomic E-state index is 0.0613. The van der Waals surface area contributed by atoms with Gasteiger partial charge in [-0.3, -0.25) is 9.59 Å². The second-order valence-electron chi connectivity index (χ2n) is 8.06. The van der Waals surface area contributed by atoms with Gasteiger partial charge >= 0.3 is 0 Å². The lowest BCUT2D eigenvalue weighted by Crippen LogP contribution is -2.62. The van der Waals surface area contributed by atoms with Crippen LogP contribution >= 0.6 is 22.9 Å². The van der Waals surface area contributed by atoms with Gasteiger partial charge in [-0.05, 0) is 36.8 Å². The molecule has 5 nitrogen and oxygen atoms in total. The molecule has 2 saturated heterocycles. The first kappa shape index (κ1) is 20.4. The Morgan fingerprint density at radius 2 is 1.74 bits per heavy atom. The Hall–Kier alpha value is -2.48. The molecule has 2 aliphatic heterocycles. The largest absolute Gasteiger partial charge is 0.337 e. The lowest BCUT2D eigenvalue weighted by molar-refractivity contribution is 0.0558. The molecule has 0 spiro atoms. The van der Waals surface area contributed by atoms with Crippen molar-refractivity contribution < 1.29 is 14.0 Å². The number of nitrogens with one attached hydrogen (secondary N) is 1. The average Bonchev–Trinajstić information content (AvgIpc) is 3.34. The first-order valence-electron chi connectivity index (χ1n) is 10.3. The van der Waals surface area contributed by atoms with Crippen LogP contribution in [0.5, 0.6) is 0 Å². The van der Waals surface area contributed by atoms with E-state index in [0.717, 1.165) is 13.0 Å². The summed E-state index contributed by atoms with van der Waals surface area (Å²) in [6.07, 6.45) is 0.900. The van der Waals surface area contributed by atoms with Gasteiger partial charge in [0.2, 0.25) is 0 Å². The monoisotopic (exact) mass is 457 g/mol. The van der Waals surface area contributed by atoms with Gasteiger partial charge in [0.1, 0.15) is 10.7 Å². The SMILES string of the molecule is O=C(c1ccccc1)N1CCC(NC2CN(C(=O)c3sc4cc(F)ccc4c3Cl)C2)C1. The zero-order valence-electron chi connectivity index (χ0n) is 16.7. The summed E-state index contributed by atoms with van der Waals surface area (Å²) in [4.78, 5) is 29.6. The number of hydrogen-bond donors (Lipinski definition) is 1. The average molecular weight is 458 g/mol. The number of halogens is 2. The molecule has 1 atom stereocenters. The number of rotatable bonds is 4. The first-order valence-corrected chi connectivity index (χ1v) is 11.5. The van der Waals surface area contributed by atoms with Gasteiger partial charge in [-0.2, -0.15) is 0 Å². The third kappa shape index (κ3) is 3.93. The second kappa shape index (κ2) is 8.22. The van der Waals surface area contributed by atoms with E-state index < -0.39 is 0 Å². The van der Waals surface area contributed by atoms with Gasteiger partial charge in [0, 0.05) is 53.9 Å². The van der Waals surface area contributed by atoms with E-state index >= 15 is 0 Å². The van der Waals surface area contributed by atoms with Crippen molar-refractivity contribution in [1.82, 2.24) is 15.1 Å². The van der Waals surface area contributed by atoms with Crippen LogP contribution in [0.15, 0.2) is 48.5 Å². The van der Waals surface area contributed by atoms with E-state index in [4.69, 9.17) is 11.6 Å². The smallest absolute Gasteiger partial charge is 0.265 e. The summed E-state index contributed by atoms with van der Waals surface area (Å²) in [6.45, 7) is 2.60. The fourth-order valence-corrected chi connectivity index (χ4v) is 5.75. The van der Waals surface area contributed by atoms with Crippen molar-refractivity contribution in [3.63, 3.8) is 0 Å². The number of hydrogen-bond acceptors (Lipinski definition) is 4. The van der Waals surface area contributed by atoms with Crippen LogP contribution in [0.2, 0.25) is 5.02 Å². The summed E-state index contributed by atoms with van der Waals surface area (Å²) in [5.41, 5.74) is 0.712. The van der Waals surface area contributed by atoms with Crippen LogP contribution in [0, 0.1) is 5.82 Å². The number of benzene rings is 2. The van der Waals surface area contributed by atoms with Crippen LogP contribution in [-0.2, 0) is 0 Å². The van der Waals surface area contributed by atoms with Gasteiger partial charge in [0.25, 0.3) is 11.8 Å². The highest BCUT2D eigenvalue weighted by atomic mass is 35.5. The fraction of sp³-hybridized carbons (Fsp3) is 0.304. The standard InChI is InChI=1S/C23H21ClFN3O2S/c24-20-18-7-6-15(25)10-19(18)31-21(20)23(30)28-12-17(13-28)26-16-8-9-27(11-16)22(29)14-4-2-1-3-5-14/h1-7,10,16-17,26H,8-9,11-13H2. The Bertz CT molecular complexity index is 1150. The summed E-state index contributed by atoms with van der Waals surface area (Å²) in [6, 6.07) is 14.1. The molecule has 31 heavy (non-hydrogen) atoms. The maximum Gasteiger partial charge on any atom is 0.265 e. The zero-order chi connectivity index (χ0) is 21.5. The summed E-state index contributed by atoms with van der Waals surface area (Å²) in [5, 5.41) is 4.67. The van der Waals surface area contributed by atoms with Gasteiger partial charge in [-0.15, -0.1) is 11.3 Å². The highest BCUT2D eigenvalue weighted by molar-refractivity contribution is 7.21. The van der Waals surface area contributed by atoms with E-state index in [-0.39, 0.29) is 29.7 Å². The molecule has 1 aromatic heterocycles. The topological polar surface area (TPSA) is 52.7 Å². The number of nitrogens with zero attached hydrogens (tertiary/aromatic N) is 2. The first-order chi connectivity index (χ1) is 15.0. The third-order valence-corrected chi connectivity index (χ3v) is 7.57. The predicted octanol–water partition coefficient (Wildman–Crippen LogP) is 4.02. The molecule has 0 aliphatic carbocycles. The maximum absolute atomic E-state index is 13.5. The molecule has 5 rings (SSSR count). The zero-order valence-corrected chi connectivity index (χ0v) is 18.3. The number of likely N-dealkylation sites (tertiary alicyclic amines) is 2. The quantitative estimate of drug-likeness (QED) is 0.643. The van der Waals surface area contributed by atoms with Crippen molar-refractivity contribution in [2.45, 2.75) is 18.5 Å². The van der Waals surface area contributed by atoms with E-state index in [9.17, 15) is 14.0 Å². The number of carbonyl (C=O) groups excluding carboxylic acids is 2.